The summed E-state index contributed by atoms with van der Waals surface area (Å²) in [6.45, 7) is 1.88. The molecule has 1 heterocycles. The van der Waals surface area contributed by atoms with Crippen LogP contribution in [0.3, 0.4) is 0 Å². The monoisotopic (exact) mass is 402 g/mol. The number of nitrogens with one attached hydrogen (secondary N) is 3. The molecule has 0 spiro atoms. The Bertz CT molecular complexity index is 1050. The molecule has 3 amide bonds. The minimum Gasteiger partial charge on any atom is -0.497 e. The quantitative estimate of drug-likeness (QED) is 0.521. The zero-order chi connectivity index (χ0) is 21.3. The van der Waals surface area contributed by atoms with Crippen LogP contribution in [0, 0.1) is 6.92 Å². The van der Waals surface area contributed by atoms with Crippen LogP contribution in [-0.4, -0.2) is 24.0 Å². The van der Waals surface area contributed by atoms with E-state index in [9.17, 15) is 9.59 Å². The van der Waals surface area contributed by atoms with Gasteiger partial charge >= 0.3 is 6.03 Å². The summed E-state index contributed by atoms with van der Waals surface area (Å²) in [5.74, 6) is 0.430. The smallest absolute Gasteiger partial charge is 0.323 e. The van der Waals surface area contributed by atoms with Crippen LogP contribution in [0.1, 0.15) is 11.1 Å². The van der Waals surface area contributed by atoms with Gasteiger partial charge in [-0.3, -0.25) is 9.78 Å². The van der Waals surface area contributed by atoms with Crippen molar-refractivity contribution in [3.63, 3.8) is 0 Å². The van der Waals surface area contributed by atoms with E-state index in [1.165, 1.54) is 6.08 Å². The lowest BCUT2D eigenvalue weighted by Gasteiger charge is -2.12. The Labute approximate surface area is 174 Å². The molecule has 0 bridgehead atoms. The lowest BCUT2D eigenvalue weighted by atomic mass is 10.1. The van der Waals surface area contributed by atoms with Crippen molar-refractivity contribution in [1.82, 2.24) is 4.98 Å². The van der Waals surface area contributed by atoms with Crippen molar-refractivity contribution in [2.24, 2.45) is 0 Å². The molecule has 30 heavy (non-hydrogen) atoms. The van der Waals surface area contributed by atoms with Gasteiger partial charge in [-0.05, 0) is 66.6 Å². The van der Waals surface area contributed by atoms with Crippen molar-refractivity contribution in [3.05, 3.63) is 84.2 Å². The summed E-state index contributed by atoms with van der Waals surface area (Å²) in [7, 11) is 1.58. The minimum absolute atomic E-state index is 0.276. The second-order valence-corrected chi connectivity index (χ2v) is 6.45. The number of carbonyl (C=O) groups excluding carboxylic acids is 2. The molecule has 0 aliphatic carbocycles. The number of methoxy groups -OCH3 is 1. The van der Waals surface area contributed by atoms with E-state index in [4.69, 9.17) is 4.74 Å². The summed E-state index contributed by atoms with van der Waals surface area (Å²) < 4.78 is 5.10. The first kappa shape index (κ1) is 20.6. The van der Waals surface area contributed by atoms with Crippen LogP contribution in [0.4, 0.5) is 21.9 Å². The van der Waals surface area contributed by atoms with Crippen LogP contribution >= 0.6 is 0 Å². The van der Waals surface area contributed by atoms with E-state index < -0.39 is 6.03 Å². The summed E-state index contributed by atoms with van der Waals surface area (Å²) in [4.78, 5) is 28.5. The number of pyridine rings is 1. The van der Waals surface area contributed by atoms with E-state index in [-0.39, 0.29) is 5.91 Å². The number of aryl methyl sites for hydroxylation is 1. The highest BCUT2D eigenvalue weighted by Gasteiger charge is 2.07. The zero-order valence-electron chi connectivity index (χ0n) is 16.7. The molecule has 0 aliphatic rings. The molecule has 7 heteroatoms. The molecule has 0 saturated carbocycles. The maximum Gasteiger partial charge on any atom is 0.323 e. The predicted octanol–water partition coefficient (Wildman–Crippen LogP) is 4.69. The minimum atomic E-state index is -0.391. The topological polar surface area (TPSA) is 92.4 Å². The summed E-state index contributed by atoms with van der Waals surface area (Å²) in [6.07, 6.45) is 6.46. The molecule has 152 valence electrons. The number of nitrogens with zero attached hydrogens (tertiary/aromatic N) is 1. The number of aromatic nitrogens is 1. The average molecular weight is 402 g/mol. The third-order valence-corrected chi connectivity index (χ3v) is 4.21. The largest absolute Gasteiger partial charge is 0.497 e. The Morgan fingerprint density at radius 1 is 0.967 bits per heavy atom. The third kappa shape index (κ3) is 5.93. The SMILES string of the molecule is COc1ccc(NC(=O)Nc2ccc(C)c(NC(=O)C=Cc3cccnc3)c2)cc1. The van der Waals surface area contributed by atoms with E-state index in [2.05, 4.69) is 20.9 Å². The molecule has 7 nitrogen and oxygen atoms in total. The van der Waals surface area contributed by atoms with Crippen molar-refractivity contribution in [2.75, 3.05) is 23.1 Å². The van der Waals surface area contributed by atoms with Gasteiger partial charge in [0.15, 0.2) is 0 Å². The fourth-order valence-electron chi connectivity index (χ4n) is 2.62. The lowest BCUT2D eigenvalue weighted by molar-refractivity contribution is -0.111. The Hall–Kier alpha value is -4.13. The molecule has 0 unspecified atom stereocenters. The molecule has 3 rings (SSSR count). The zero-order valence-corrected chi connectivity index (χ0v) is 16.7. The van der Waals surface area contributed by atoms with E-state index in [1.54, 1.807) is 68.0 Å². The van der Waals surface area contributed by atoms with Gasteiger partial charge in [-0.1, -0.05) is 12.1 Å². The van der Waals surface area contributed by atoms with Crippen molar-refractivity contribution in [3.8, 4) is 5.75 Å². The molecule has 3 N–H and O–H groups in total. The van der Waals surface area contributed by atoms with Crippen LogP contribution in [0.5, 0.6) is 5.75 Å². The number of amides is 3. The highest BCUT2D eigenvalue weighted by Crippen LogP contribution is 2.21. The second-order valence-electron chi connectivity index (χ2n) is 6.45. The third-order valence-electron chi connectivity index (χ3n) is 4.21. The van der Waals surface area contributed by atoms with E-state index in [0.717, 1.165) is 11.1 Å². The first-order valence-corrected chi connectivity index (χ1v) is 9.25. The van der Waals surface area contributed by atoms with Gasteiger partial charge in [-0.2, -0.15) is 0 Å². The maximum atomic E-state index is 12.3. The lowest BCUT2D eigenvalue weighted by Crippen LogP contribution is -2.19. The van der Waals surface area contributed by atoms with Gasteiger partial charge in [0, 0.05) is 35.5 Å². The number of rotatable bonds is 6. The van der Waals surface area contributed by atoms with Crippen LogP contribution < -0.4 is 20.7 Å². The molecule has 2 aromatic carbocycles. The molecule has 0 aliphatic heterocycles. The van der Waals surface area contributed by atoms with Gasteiger partial charge in [-0.25, -0.2) is 4.79 Å². The van der Waals surface area contributed by atoms with Crippen LogP contribution in [0.2, 0.25) is 0 Å². The molecular weight excluding hydrogens is 380 g/mol. The Morgan fingerprint density at radius 3 is 2.40 bits per heavy atom. The number of anilines is 3. The van der Waals surface area contributed by atoms with Gasteiger partial charge < -0.3 is 20.7 Å². The average Bonchev–Trinajstić information content (AvgIpc) is 2.76. The molecule has 3 aromatic rings. The van der Waals surface area contributed by atoms with Gasteiger partial charge in [0.1, 0.15) is 5.75 Å². The number of hydrogen-bond donors (Lipinski definition) is 3. The van der Waals surface area contributed by atoms with Gasteiger partial charge in [0.05, 0.1) is 7.11 Å². The van der Waals surface area contributed by atoms with E-state index in [0.29, 0.717) is 22.8 Å². The number of carbonyl (C=O) groups is 2. The van der Waals surface area contributed by atoms with Crippen molar-refractivity contribution < 1.29 is 14.3 Å². The van der Waals surface area contributed by atoms with Crippen LogP contribution in [0.15, 0.2) is 73.1 Å². The van der Waals surface area contributed by atoms with Crippen molar-refractivity contribution in [2.45, 2.75) is 6.92 Å². The predicted molar refractivity (Wildman–Crippen MR) is 119 cm³/mol. The number of ether oxygens (including phenoxy) is 1. The molecule has 0 radical (unpaired) electrons. The van der Waals surface area contributed by atoms with E-state index >= 15 is 0 Å². The molecule has 0 atom stereocenters. The summed E-state index contributed by atoms with van der Waals surface area (Å²) >= 11 is 0. The highest BCUT2D eigenvalue weighted by atomic mass is 16.5. The Morgan fingerprint density at radius 2 is 1.70 bits per heavy atom. The normalized spacial score (nSPS) is 10.5. The van der Waals surface area contributed by atoms with Gasteiger partial charge in [0.25, 0.3) is 0 Å². The number of urea groups is 1. The fraction of sp³-hybridized carbons (Fsp3) is 0.0870. The first-order chi connectivity index (χ1) is 14.5. The molecule has 0 fully saturated rings. The first-order valence-electron chi connectivity index (χ1n) is 9.25. The second kappa shape index (κ2) is 9.88. The fourth-order valence-corrected chi connectivity index (χ4v) is 2.62. The van der Waals surface area contributed by atoms with Crippen LogP contribution in [0.25, 0.3) is 6.08 Å². The number of benzene rings is 2. The van der Waals surface area contributed by atoms with Gasteiger partial charge in [-0.15, -0.1) is 0 Å². The highest BCUT2D eigenvalue weighted by molar-refractivity contribution is 6.03. The van der Waals surface area contributed by atoms with Crippen molar-refractivity contribution in [1.29, 1.82) is 0 Å². The molecule has 1 aromatic heterocycles. The number of hydrogen-bond acceptors (Lipinski definition) is 4. The standard InChI is InChI=1S/C23H22N4O3/c1-16-5-7-19(26-23(29)25-18-8-10-20(30-2)11-9-18)14-21(16)27-22(28)12-6-17-4-3-13-24-15-17/h3-15H,1-2H3,(H,27,28)(H2,25,26,29). The summed E-state index contributed by atoms with van der Waals surface area (Å²) in [6, 6.07) is 15.6. The van der Waals surface area contributed by atoms with Crippen LogP contribution in [-0.2, 0) is 4.79 Å². The Balaban J connectivity index is 1.61. The maximum absolute atomic E-state index is 12.3. The van der Waals surface area contributed by atoms with Gasteiger partial charge in [0.2, 0.25) is 5.91 Å². The Kier molecular flexibility index (Phi) is 6.78. The van der Waals surface area contributed by atoms with E-state index in [1.807, 2.05) is 19.1 Å². The summed E-state index contributed by atoms with van der Waals surface area (Å²) in [5, 5.41) is 8.33. The molecular formula is C23H22N4O3. The molecule has 0 saturated heterocycles. The van der Waals surface area contributed by atoms with Crippen molar-refractivity contribution >= 4 is 35.1 Å². The summed E-state index contributed by atoms with van der Waals surface area (Å²) in [5.41, 5.74) is 3.50.